The van der Waals surface area contributed by atoms with E-state index in [0.717, 1.165) is 36.4 Å². The van der Waals surface area contributed by atoms with E-state index in [1.807, 2.05) is 48.2 Å². The SMILES string of the molecule is Cc1cc([C@H]2CCCN2C(=O)CCc2nc(-c3ccccc3)no2)no1. The Balaban J connectivity index is 1.39. The standard InChI is InChI=1S/C19H20N4O3/c1-13-12-15(21-25-13)16-8-5-11-23(16)18(24)10-9-17-20-19(22-26-17)14-6-3-2-4-7-14/h2-4,6-7,12,16H,5,8-11H2,1H3/t16-/m1/s1. The van der Waals surface area contributed by atoms with Gasteiger partial charge in [-0.15, -0.1) is 0 Å². The van der Waals surface area contributed by atoms with Gasteiger partial charge in [-0.1, -0.05) is 40.6 Å². The Labute approximate surface area is 151 Å². The van der Waals surface area contributed by atoms with Gasteiger partial charge in [-0.05, 0) is 19.8 Å². The van der Waals surface area contributed by atoms with Gasteiger partial charge >= 0.3 is 0 Å². The molecule has 1 fully saturated rings. The molecule has 0 saturated carbocycles. The summed E-state index contributed by atoms with van der Waals surface area (Å²) in [4.78, 5) is 18.9. The van der Waals surface area contributed by atoms with Crippen LogP contribution in [0.5, 0.6) is 0 Å². The van der Waals surface area contributed by atoms with E-state index in [1.165, 1.54) is 0 Å². The number of carbonyl (C=O) groups is 1. The van der Waals surface area contributed by atoms with E-state index in [0.29, 0.717) is 24.6 Å². The lowest BCUT2D eigenvalue weighted by atomic mass is 10.1. The summed E-state index contributed by atoms with van der Waals surface area (Å²) in [7, 11) is 0. The second kappa shape index (κ2) is 7.11. The van der Waals surface area contributed by atoms with Crippen LogP contribution in [0, 0.1) is 6.92 Å². The molecule has 1 saturated heterocycles. The van der Waals surface area contributed by atoms with Crippen molar-refractivity contribution in [1.29, 1.82) is 0 Å². The molecule has 1 aromatic carbocycles. The monoisotopic (exact) mass is 352 g/mol. The van der Waals surface area contributed by atoms with E-state index in [9.17, 15) is 4.79 Å². The van der Waals surface area contributed by atoms with E-state index in [1.54, 1.807) is 0 Å². The largest absolute Gasteiger partial charge is 0.361 e. The highest BCUT2D eigenvalue weighted by Crippen LogP contribution is 2.32. The molecule has 4 rings (SSSR count). The number of aromatic nitrogens is 3. The van der Waals surface area contributed by atoms with Crippen LogP contribution in [0.3, 0.4) is 0 Å². The van der Waals surface area contributed by atoms with Crippen molar-refractivity contribution in [2.45, 2.75) is 38.6 Å². The molecule has 7 nitrogen and oxygen atoms in total. The minimum absolute atomic E-state index is 0.00233. The Morgan fingerprint density at radius 2 is 2.08 bits per heavy atom. The molecule has 0 aliphatic carbocycles. The van der Waals surface area contributed by atoms with Gasteiger partial charge in [0.1, 0.15) is 11.5 Å². The normalized spacial score (nSPS) is 17.0. The summed E-state index contributed by atoms with van der Waals surface area (Å²) in [6.07, 6.45) is 2.65. The lowest BCUT2D eigenvalue weighted by Crippen LogP contribution is -2.30. The summed E-state index contributed by atoms with van der Waals surface area (Å²) in [5.74, 6) is 1.86. The van der Waals surface area contributed by atoms with Crippen LogP contribution in [-0.4, -0.2) is 32.6 Å². The summed E-state index contributed by atoms with van der Waals surface area (Å²) in [6.45, 7) is 2.60. The quantitative estimate of drug-likeness (QED) is 0.700. The first-order valence-corrected chi connectivity index (χ1v) is 8.81. The number of hydrogen-bond donors (Lipinski definition) is 0. The topological polar surface area (TPSA) is 85.3 Å². The Morgan fingerprint density at radius 1 is 1.23 bits per heavy atom. The number of carbonyl (C=O) groups excluding carboxylic acids is 1. The third kappa shape index (κ3) is 3.37. The lowest BCUT2D eigenvalue weighted by Gasteiger charge is -2.22. The number of rotatable bonds is 5. The predicted molar refractivity (Wildman–Crippen MR) is 93.0 cm³/mol. The molecule has 0 unspecified atom stereocenters. The molecule has 2 aromatic heterocycles. The molecule has 7 heteroatoms. The minimum Gasteiger partial charge on any atom is -0.361 e. The highest BCUT2D eigenvalue weighted by Gasteiger charge is 2.31. The van der Waals surface area contributed by atoms with Crippen molar-refractivity contribution < 1.29 is 13.8 Å². The number of likely N-dealkylation sites (tertiary alicyclic amines) is 1. The number of nitrogens with zero attached hydrogens (tertiary/aromatic N) is 4. The maximum atomic E-state index is 12.7. The Kier molecular flexibility index (Phi) is 4.51. The number of benzene rings is 1. The first-order valence-electron chi connectivity index (χ1n) is 8.81. The fourth-order valence-corrected chi connectivity index (χ4v) is 3.33. The zero-order valence-electron chi connectivity index (χ0n) is 14.6. The highest BCUT2D eigenvalue weighted by atomic mass is 16.5. The van der Waals surface area contributed by atoms with Crippen LogP contribution in [-0.2, 0) is 11.2 Å². The fraction of sp³-hybridized carbons (Fsp3) is 0.368. The Hall–Kier alpha value is -2.96. The summed E-state index contributed by atoms with van der Waals surface area (Å²) < 4.78 is 10.4. The third-order valence-corrected chi connectivity index (χ3v) is 4.61. The van der Waals surface area contributed by atoms with Crippen molar-refractivity contribution >= 4 is 5.91 Å². The molecule has 0 spiro atoms. The fourth-order valence-electron chi connectivity index (χ4n) is 3.33. The van der Waals surface area contributed by atoms with Gasteiger partial charge in [0, 0.05) is 31.0 Å². The molecule has 0 radical (unpaired) electrons. The highest BCUT2D eigenvalue weighted by molar-refractivity contribution is 5.77. The van der Waals surface area contributed by atoms with Gasteiger partial charge in [-0.2, -0.15) is 4.98 Å². The van der Waals surface area contributed by atoms with Gasteiger partial charge in [0.05, 0.1) is 6.04 Å². The van der Waals surface area contributed by atoms with Gasteiger partial charge in [0.25, 0.3) is 0 Å². The summed E-state index contributed by atoms with van der Waals surface area (Å²) >= 11 is 0. The van der Waals surface area contributed by atoms with Crippen LogP contribution in [0.25, 0.3) is 11.4 Å². The molecule has 1 amide bonds. The Morgan fingerprint density at radius 3 is 2.85 bits per heavy atom. The van der Waals surface area contributed by atoms with Gasteiger partial charge in [0.15, 0.2) is 0 Å². The summed E-state index contributed by atoms with van der Waals surface area (Å²) in [5, 5.41) is 8.07. The smallest absolute Gasteiger partial charge is 0.227 e. The van der Waals surface area contributed by atoms with E-state index in [4.69, 9.17) is 9.05 Å². The van der Waals surface area contributed by atoms with Crippen molar-refractivity contribution in [2.24, 2.45) is 0 Å². The maximum Gasteiger partial charge on any atom is 0.227 e. The predicted octanol–water partition coefficient (Wildman–Crippen LogP) is 3.33. The van der Waals surface area contributed by atoms with E-state index in [2.05, 4.69) is 15.3 Å². The molecular formula is C19H20N4O3. The second-order valence-electron chi connectivity index (χ2n) is 6.49. The molecule has 134 valence electrons. The third-order valence-electron chi connectivity index (χ3n) is 4.61. The minimum atomic E-state index is 0.00233. The van der Waals surface area contributed by atoms with E-state index < -0.39 is 0 Å². The molecule has 3 aromatic rings. The molecule has 0 N–H and O–H groups in total. The first kappa shape index (κ1) is 16.5. The average molecular weight is 352 g/mol. The van der Waals surface area contributed by atoms with Crippen LogP contribution < -0.4 is 0 Å². The zero-order valence-corrected chi connectivity index (χ0v) is 14.6. The van der Waals surface area contributed by atoms with Crippen molar-refractivity contribution in [3.63, 3.8) is 0 Å². The van der Waals surface area contributed by atoms with Gasteiger partial charge in [-0.25, -0.2) is 0 Å². The maximum absolute atomic E-state index is 12.7. The number of aryl methyl sites for hydroxylation is 2. The van der Waals surface area contributed by atoms with Gasteiger partial charge in [0.2, 0.25) is 17.6 Å². The van der Waals surface area contributed by atoms with Crippen molar-refractivity contribution in [3.8, 4) is 11.4 Å². The van der Waals surface area contributed by atoms with Crippen molar-refractivity contribution in [3.05, 3.63) is 53.7 Å². The summed E-state index contributed by atoms with van der Waals surface area (Å²) in [6, 6.07) is 11.5. The van der Waals surface area contributed by atoms with Crippen LogP contribution in [0.15, 0.2) is 45.4 Å². The Bertz CT molecular complexity index is 887. The van der Waals surface area contributed by atoms with Gasteiger partial charge < -0.3 is 13.9 Å². The number of hydrogen-bond acceptors (Lipinski definition) is 6. The molecule has 1 aliphatic heterocycles. The average Bonchev–Trinajstić information content (AvgIpc) is 3.40. The molecular weight excluding hydrogens is 332 g/mol. The van der Waals surface area contributed by atoms with Crippen LogP contribution in [0.2, 0.25) is 0 Å². The van der Waals surface area contributed by atoms with E-state index in [-0.39, 0.29) is 11.9 Å². The molecule has 1 atom stereocenters. The van der Waals surface area contributed by atoms with Crippen LogP contribution in [0.4, 0.5) is 0 Å². The number of amides is 1. The van der Waals surface area contributed by atoms with Crippen LogP contribution >= 0.6 is 0 Å². The van der Waals surface area contributed by atoms with Gasteiger partial charge in [-0.3, -0.25) is 4.79 Å². The second-order valence-corrected chi connectivity index (χ2v) is 6.49. The molecule has 0 bridgehead atoms. The molecule has 1 aliphatic rings. The van der Waals surface area contributed by atoms with Crippen molar-refractivity contribution in [2.75, 3.05) is 6.54 Å². The van der Waals surface area contributed by atoms with Crippen LogP contribution in [0.1, 0.15) is 42.6 Å². The molecule has 26 heavy (non-hydrogen) atoms. The van der Waals surface area contributed by atoms with Crippen molar-refractivity contribution in [1.82, 2.24) is 20.2 Å². The zero-order chi connectivity index (χ0) is 17.9. The first-order chi connectivity index (χ1) is 12.7. The summed E-state index contributed by atoms with van der Waals surface area (Å²) in [5.41, 5.74) is 1.73. The molecule has 3 heterocycles. The van der Waals surface area contributed by atoms with E-state index >= 15 is 0 Å². The lowest BCUT2D eigenvalue weighted by molar-refractivity contribution is -0.132.